The van der Waals surface area contributed by atoms with E-state index in [1.807, 2.05) is 6.92 Å². The molecule has 0 saturated carbocycles. The molecule has 27 heavy (non-hydrogen) atoms. The smallest absolute Gasteiger partial charge is 0.406 e. The van der Waals surface area contributed by atoms with E-state index in [-0.39, 0.29) is 5.75 Å². The molecule has 0 aliphatic carbocycles. The van der Waals surface area contributed by atoms with Gasteiger partial charge in [-0.05, 0) is 74.5 Å². The topological polar surface area (TPSA) is 12.5 Å². The van der Waals surface area contributed by atoms with Gasteiger partial charge in [0.15, 0.2) is 0 Å². The van der Waals surface area contributed by atoms with E-state index in [0.29, 0.717) is 5.92 Å². The number of piperidine rings is 1. The minimum atomic E-state index is -4.65. The van der Waals surface area contributed by atoms with Gasteiger partial charge in [-0.1, -0.05) is 41.4 Å². The molecule has 2 aromatic carbocycles. The van der Waals surface area contributed by atoms with Crippen molar-refractivity contribution in [2.75, 3.05) is 13.1 Å². The van der Waals surface area contributed by atoms with Crippen LogP contribution in [-0.4, -0.2) is 24.4 Å². The summed E-state index contributed by atoms with van der Waals surface area (Å²) in [4.78, 5) is 2.39. The molecule has 6 heteroatoms. The second-order valence-corrected chi connectivity index (χ2v) is 7.60. The summed E-state index contributed by atoms with van der Waals surface area (Å²) in [6.07, 6.45) is -2.70. The van der Waals surface area contributed by atoms with E-state index in [0.717, 1.165) is 54.2 Å². The molecule has 1 fully saturated rings. The van der Waals surface area contributed by atoms with Crippen molar-refractivity contribution in [1.82, 2.24) is 4.90 Å². The molecule has 0 unspecified atom stereocenters. The first kappa shape index (κ1) is 20.0. The highest BCUT2D eigenvalue weighted by atomic mass is 35.5. The Morgan fingerprint density at radius 2 is 1.70 bits per heavy atom. The van der Waals surface area contributed by atoms with Crippen molar-refractivity contribution in [3.63, 3.8) is 0 Å². The summed E-state index contributed by atoms with van der Waals surface area (Å²) < 4.78 is 40.7. The largest absolute Gasteiger partial charge is 0.573 e. The minimum absolute atomic E-state index is 0.173. The second-order valence-electron chi connectivity index (χ2n) is 7.22. The molecule has 1 heterocycles. The van der Waals surface area contributed by atoms with Gasteiger partial charge in [-0.25, -0.2) is 0 Å². The number of hydrogen-bond acceptors (Lipinski definition) is 2. The SMILES string of the molecule is Cc1cc(C)c(Cl)c(CN2CCC(c3ccc(OC(F)(F)F)cc3)CC2)c1. The molecule has 2 nitrogen and oxygen atoms in total. The number of ether oxygens (including phenoxy) is 1. The van der Waals surface area contributed by atoms with Crippen molar-refractivity contribution in [1.29, 1.82) is 0 Å². The Balaban J connectivity index is 1.58. The Hall–Kier alpha value is -1.72. The molecule has 146 valence electrons. The van der Waals surface area contributed by atoms with Gasteiger partial charge >= 0.3 is 6.36 Å². The van der Waals surface area contributed by atoms with Crippen molar-refractivity contribution < 1.29 is 17.9 Å². The maximum absolute atomic E-state index is 12.3. The zero-order valence-corrected chi connectivity index (χ0v) is 16.2. The maximum Gasteiger partial charge on any atom is 0.573 e. The number of halogens is 4. The molecule has 2 aromatic rings. The van der Waals surface area contributed by atoms with Crippen LogP contribution in [0.1, 0.15) is 41.0 Å². The average molecular weight is 398 g/mol. The van der Waals surface area contributed by atoms with Gasteiger partial charge in [0, 0.05) is 11.6 Å². The first-order valence-electron chi connectivity index (χ1n) is 9.05. The highest BCUT2D eigenvalue weighted by molar-refractivity contribution is 6.32. The maximum atomic E-state index is 12.3. The normalized spacial score (nSPS) is 16.5. The summed E-state index contributed by atoms with van der Waals surface area (Å²) in [5, 5.41) is 0.836. The standard InChI is InChI=1S/C21H23ClF3NO/c1-14-11-15(2)20(22)18(12-14)13-26-9-7-17(8-10-26)16-3-5-19(6-4-16)27-21(23,24)25/h3-6,11-12,17H,7-10,13H2,1-2H3. The molecule has 0 atom stereocenters. The molecular weight excluding hydrogens is 375 g/mol. The second kappa shape index (κ2) is 8.11. The number of rotatable bonds is 4. The summed E-state index contributed by atoms with van der Waals surface area (Å²) in [7, 11) is 0. The van der Waals surface area contributed by atoms with Crippen LogP contribution >= 0.6 is 11.6 Å². The van der Waals surface area contributed by atoms with Crippen molar-refractivity contribution in [3.05, 3.63) is 63.7 Å². The Morgan fingerprint density at radius 1 is 1.07 bits per heavy atom. The molecular formula is C21H23ClF3NO. The van der Waals surface area contributed by atoms with Crippen LogP contribution in [0, 0.1) is 13.8 Å². The Kier molecular flexibility index (Phi) is 6.02. The molecule has 0 N–H and O–H groups in total. The molecule has 0 amide bonds. The Morgan fingerprint density at radius 3 is 2.30 bits per heavy atom. The number of aryl methyl sites for hydroxylation is 2. The van der Waals surface area contributed by atoms with Gasteiger partial charge in [-0.3, -0.25) is 4.90 Å². The quantitative estimate of drug-likeness (QED) is 0.605. The van der Waals surface area contributed by atoms with Gasteiger partial charge in [-0.15, -0.1) is 13.2 Å². The van der Waals surface area contributed by atoms with E-state index < -0.39 is 6.36 Å². The molecule has 3 rings (SSSR count). The van der Waals surface area contributed by atoms with Gasteiger partial charge in [-0.2, -0.15) is 0 Å². The van der Waals surface area contributed by atoms with Crippen LogP contribution in [-0.2, 0) is 6.54 Å². The van der Waals surface area contributed by atoms with Crippen molar-refractivity contribution >= 4 is 11.6 Å². The highest BCUT2D eigenvalue weighted by Gasteiger charge is 2.31. The van der Waals surface area contributed by atoms with Gasteiger partial charge in [0.1, 0.15) is 5.75 Å². The first-order valence-corrected chi connectivity index (χ1v) is 9.43. The molecule has 0 spiro atoms. The third kappa shape index (κ3) is 5.39. The van der Waals surface area contributed by atoms with Crippen LogP contribution in [0.4, 0.5) is 13.2 Å². The fraction of sp³-hybridized carbons (Fsp3) is 0.429. The monoisotopic (exact) mass is 397 g/mol. The fourth-order valence-corrected chi connectivity index (χ4v) is 3.93. The van der Waals surface area contributed by atoms with E-state index >= 15 is 0 Å². The molecule has 0 bridgehead atoms. The molecule has 1 aliphatic rings. The van der Waals surface area contributed by atoms with Crippen LogP contribution in [0.2, 0.25) is 5.02 Å². The summed E-state index contributed by atoms with van der Waals surface area (Å²) in [6.45, 7) is 6.80. The third-order valence-corrected chi connectivity index (χ3v) is 5.58. The van der Waals surface area contributed by atoms with Crippen molar-refractivity contribution in [3.8, 4) is 5.75 Å². The van der Waals surface area contributed by atoms with E-state index in [2.05, 4.69) is 28.7 Å². The van der Waals surface area contributed by atoms with Gasteiger partial charge < -0.3 is 4.74 Å². The lowest BCUT2D eigenvalue weighted by Crippen LogP contribution is -2.32. The number of likely N-dealkylation sites (tertiary alicyclic amines) is 1. The van der Waals surface area contributed by atoms with Gasteiger partial charge in [0.25, 0.3) is 0 Å². The number of hydrogen-bond donors (Lipinski definition) is 0. The predicted molar refractivity (Wildman–Crippen MR) is 101 cm³/mol. The first-order chi connectivity index (χ1) is 12.7. The lowest BCUT2D eigenvalue weighted by atomic mass is 9.89. The summed E-state index contributed by atoms with van der Waals surface area (Å²) >= 11 is 6.45. The zero-order chi connectivity index (χ0) is 19.6. The van der Waals surface area contributed by atoms with E-state index in [1.54, 1.807) is 12.1 Å². The lowest BCUT2D eigenvalue weighted by molar-refractivity contribution is -0.274. The Bertz CT molecular complexity index is 781. The van der Waals surface area contributed by atoms with Crippen LogP contribution in [0.15, 0.2) is 36.4 Å². The summed E-state index contributed by atoms with van der Waals surface area (Å²) in [6, 6.07) is 10.5. The van der Waals surface area contributed by atoms with Crippen LogP contribution in [0.5, 0.6) is 5.75 Å². The molecule has 0 aromatic heterocycles. The van der Waals surface area contributed by atoms with E-state index in [1.165, 1.54) is 17.7 Å². The van der Waals surface area contributed by atoms with Crippen LogP contribution in [0.3, 0.4) is 0 Å². The molecule has 0 radical (unpaired) electrons. The van der Waals surface area contributed by atoms with Crippen LogP contribution < -0.4 is 4.74 Å². The van der Waals surface area contributed by atoms with Crippen LogP contribution in [0.25, 0.3) is 0 Å². The summed E-state index contributed by atoms with van der Waals surface area (Å²) in [5.74, 6) is 0.184. The van der Waals surface area contributed by atoms with E-state index in [4.69, 9.17) is 11.6 Å². The van der Waals surface area contributed by atoms with Gasteiger partial charge in [0.05, 0.1) is 0 Å². The fourth-order valence-electron chi connectivity index (χ4n) is 3.76. The number of benzene rings is 2. The minimum Gasteiger partial charge on any atom is -0.406 e. The third-order valence-electron chi connectivity index (χ3n) is 5.04. The zero-order valence-electron chi connectivity index (χ0n) is 15.4. The predicted octanol–water partition coefficient (Wildman–Crippen LogP) is 6.24. The molecule has 1 saturated heterocycles. The molecule has 1 aliphatic heterocycles. The van der Waals surface area contributed by atoms with Crippen molar-refractivity contribution in [2.45, 2.75) is 45.5 Å². The van der Waals surface area contributed by atoms with Crippen molar-refractivity contribution in [2.24, 2.45) is 0 Å². The Labute approximate surface area is 162 Å². The number of nitrogens with zero attached hydrogens (tertiary/aromatic N) is 1. The number of alkyl halides is 3. The summed E-state index contributed by atoms with van der Waals surface area (Å²) in [5.41, 5.74) is 4.53. The van der Waals surface area contributed by atoms with E-state index in [9.17, 15) is 13.2 Å². The highest BCUT2D eigenvalue weighted by Crippen LogP contribution is 2.32. The average Bonchev–Trinajstić information content (AvgIpc) is 2.59. The lowest BCUT2D eigenvalue weighted by Gasteiger charge is -2.32. The van der Waals surface area contributed by atoms with Gasteiger partial charge in [0.2, 0.25) is 0 Å².